The quantitative estimate of drug-likeness (QED) is 0.275. The number of anilines is 2. The van der Waals surface area contributed by atoms with Gasteiger partial charge in [0.05, 0.1) is 4.92 Å². The van der Waals surface area contributed by atoms with E-state index in [9.17, 15) is 14.9 Å². The summed E-state index contributed by atoms with van der Waals surface area (Å²) < 4.78 is 5.90. The minimum Gasteiger partial charge on any atom is -0.436 e. The number of nitro groups is 1. The third-order valence-corrected chi connectivity index (χ3v) is 6.47. The number of hydrogen-bond acceptors (Lipinski definition) is 6. The molecule has 0 spiro atoms. The topological polar surface area (TPSA) is 102 Å². The lowest BCUT2D eigenvalue weighted by atomic mass is 9.98. The number of aromatic nitrogens is 1. The molecule has 1 aliphatic rings. The minimum absolute atomic E-state index is 0.0530. The van der Waals surface area contributed by atoms with Crippen LogP contribution in [0.5, 0.6) is 0 Å². The van der Waals surface area contributed by atoms with Crippen LogP contribution in [0.3, 0.4) is 0 Å². The highest BCUT2D eigenvalue weighted by molar-refractivity contribution is 6.05. The predicted molar refractivity (Wildman–Crippen MR) is 136 cm³/mol. The Balaban J connectivity index is 1.37. The first-order valence-electron chi connectivity index (χ1n) is 11.7. The van der Waals surface area contributed by atoms with Crippen LogP contribution in [0.15, 0.2) is 65.1 Å². The van der Waals surface area contributed by atoms with Crippen molar-refractivity contribution in [3.05, 3.63) is 81.9 Å². The second-order valence-corrected chi connectivity index (χ2v) is 9.16. The molecule has 8 heteroatoms. The Morgan fingerprint density at radius 2 is 1.91 bits per heavy atom. The molecule has 1 fully saturated rings. The molecule has 0 radical (unpaired) electrons. The molecule has 0 atom stereocenters. The molecule has 4 aromatic rings. The van der Waals surface area contributed by atoms with Crippen LogP contribution >= 0.6 is 0 Å². The number of amides is 1. The maximum Gasteiger partial charge on any atom is 0.293 e. The van der Waals surface area contributed by atoms with Crippen molar-refractivity contribution in [2.75, 3.05) is 23.3 Å². The monoisotopic (exact) mass is 470 g/mol. The van der Waals surface area contributed by atoms with Gasteiger partial charge < -0.3 is 14.6 Å². The molecule has 0 aliphatic carbocycles. The Labute approximate surface area is 202 Å². The fourth-order valence-corrected chi connectivity index (χ4v) is 4.42. The Bertz CT molecular complexity index is 1420. The molecule has 35 heavy (non-hydrogen) atoms. The summed E-state index contributed by atoms with van der Waals surface area (Å²) in [6.07, 6.45) is 1.99. The number of carbonyl (C=O) groups is 1. The van der Waals surface area contributed by atoms with Gasteiger partial charge in [0.15, 0.2) is 5.58 Å². The number of aryl methyl sites for hydroxylation is 1. The fraction of sp³-hybridized carbons (Fsp3) is 0.259. The largest absolute Gasteiger partial charge is 0.436 e. The molecule has 178 valence electrons. The molecule has 2 heterocycles. The molecule has 1 N–H and O–H groups in total. The van der Waals surface area contributed by atoms with Crippen LogP contribution in [-0.4, -0.2) is 28.9 Å². The molecule has 1 amide bonds. The van der Waals surface area contributed by atoms with E-state index in [1.807, 2.05) is 36.1 Å². The first-order chi connectivity index (χ1) is 16.9. The van der Waals surface area contributed by atoms with Crippen molar-refractivity contribution in [3.8, 4) is 11.5 Å². The first kappa shape index (κ1) is 22.6. The van der Waals surface area contributed by atoms with Gasteiger partial charge >= 0.3 is 0 Å². The van der Waals surface area contributed by atoms with Crippen LogP contribution in [0.4, 0.5) is 17.1 Å². The highest BCUT2D eigenvalue weighted by Gasteiger charge is 2.25. The van der Waals surface area contributed by atoms with Crippen molar-refractivity contribution in [2.45, 2.75) is 26.7 Å². The number of piperidine rings is 1. The van der Waals surface area contributed by atoms with Gasteiger partial charge in [-0.2, -0.15) is 0 Å². The van der Waals surface area contributed by atoms with E-state index >= 15 is 0 Å². The number of benzene rings is 3. The van der Waals surface area contributed by atoms with E-state index in [0.29, 0.717) is 28.8 Å². The molecule has 1 aliphatic heterocycles. The van der Waals surface area contributed by atoms with Gasteiger partial charge in [0.1, 0.15) is 11.2 Å². The number of nitrogens with one attached hydrogen (secondary N) is 1. The summed E-state index contributed by atoms with van der Waals surface area (Å²) in [4.78, 5) is 30.9. The van der Waals surface area contributed by atoms with Crippen molar-refractivity contribution in [1.29, 1.82) is 0 Å². The van der Waals surface area contributed by atoms with Crippen LogP contribution in [0.1, 0.15) is 35.7 Å². The third-order valence-electron chi connectivity index (χ3n) is 6.47. The molecule has 5 rings (SSSR count). The van der Waals surface area contributed by atoms with E-state index in [-0.39, 0.29) is 11.3 Å². The first-order valence-corrected chi connectivity index (χ1v) is 11.7. The Kier molecular flexibility index (Phi) is 5.94. The predicted octanol–water partition coefficient (Wildman–Crippen LogP) is 6.20. The SMILES string of the molecule is Cc1ccc2nc(-c3cccc(NC(=O)c4ccc(N5CCC(C)CC5)c([N+](=O)[O-])c4)c3)oc2c1. The lowest BCUT2D eigenvalue weighted by Crippen LogP contribution is -2.33. The van der Waals surface area contributed by atoms with Crippen molar-refractivity contribution in [1.82, 2.24) is 4.98 Å². The number of oxazole rings is 1. The molecule has 0 unspecified atom stereocenters. The second-order valence-electron chi connectivity index (χ2n) is 9.16. The van der Waals surface area contributed by atoms with E-state index < -0.39 is 10.8 Å². The van der Waals surface area contributed by atoms with E-state index in [4.69, 9.17) is 4.42 Å². The van der Waals surface area contributed by atoms with E-state index in [2.05, 4.69) is 17.2 Å². The Hall–Kier alpha value is -4.20. The van der Waals surface area contributed by atoms with Crippen molar-refractivity contribution >= 4 is 34.1 Å². The van der Waals surface area contributed by atoms with Gasteiger partial charge in [-0.25, -0.2) is 4.98 Å². The normalized spacial score (nSPS) is 14.3. The van der Waals surface area contributed by atoms with Crippen molar-refractivity contribution < 1.29 is 14.1 Å². The lowest BCUT2D eigenvalue weighted by Gasteiger charge is -2.31. The van der Waals surface area contributed by atoms with Crippen LogP contribution in [0.2, 0.25) is 0 Å². The third kappa shape index (κ3) is 4.73. The summed E-state index contributed by atoms with van der Waals surface area (Å²) in [6, 6.07) is 17.7. The molecule has 3 aromatic carbocycles. The number of nitro benzene ring substituents is 1. The minimum atomic E-state index is -0.419. The van der Waals surface area contributed by atoms with Crippen LogP contribution < -0.4 is 10.2 Å². The van der Waals surface area contributed by atoms with Crippen LogP contribution in [0, 0.1) is 23.0 Å². The van der Waals surface area contributed by atoms with E-state index in [0.717, 1.165) is 42.6 Å². The van der Waals surface area contributed by atoms with Gasteiger partial charge in [-0.1, -0.05) is 19.1 Å². The van der Waals surface area contributed by atoms with Gasteiger partial charge in [-0.05, 0) is 73.7 Å². The smallest absolute Gasteiger partial charge is 0.293 e. The number of hydrogen-bond donors (Lipinski definition) is 1. The Morgan fingerprint density at radius 3 is 2.69 bits per heavy atom. The highest BCUT2D eigenvalue weighted by atomic mass is 16.6. The average Bonchev–Trinajstić information content (AvgIpc) is 3.27. The summed E-state index contributed by atoms with van der Waals surface area (Å²) in [5.74, 6) is 0.653. The van der Waals surface area contributed by atoms with Gasteiger partial charge in [0, 0.05) is 36.0 Å². The van der Waals surface area contributed by atoms with Crippen LogP contribution in [-0.2, 0) is 0 Å². The van der Waals surface area contributed by atoms with E-state index in [1.165, 1.54) is 6.07 Å². The summed E-state index contributed by atoms with van der Waals surface area (Å²) >= 11 is 0. The molecule has 1 aromatic heterocycles. The number of nitrogens with zero attached hydrogens (tertiary/aromatic N) is 3. The summed E-state index contributed by atoms with van der Waals surface area (Å²) in [7, 11) is 0. The zero-order valence-electron chi connectivity index (χ0n) is 19.7. The second kappa shape index (κ2) is 9.21. The molecule has 0 saturated carbocycles. The van der Waals surface area contributed by atoms with Gasteiger partial charge in [0.25, 0.3) is 11.6 Å². The zero-order valence-corrected chi connectivity index (χ0v) is 19.7. The lowest BCUT2D eigenvalue weighted by molar-refractivity contribution is -0.384. The standard InChI is InChI=1S/C27H26N4O4/c1-17-10-12-30(13-11-17)23-9-7-19(16-24(23)31(33)34)26(32)28-21-5-3-4-20(15-21)27-29-22-8-6-18(2)14-25(22)35-27/h3-9,14-17H,10-13H2,1-2H3,(H,28,32). The maximum atomic E-state index is 13.0. The molecule has 8 nitrogen and oxygen atoms in total. The summed E-state index contributed by atoms with van der Waals surface area (Å²) in [5.41, 5.74) is 4.54. The summed E-state index contributed by atoms with van der Waals surface area (Å²) in [5, 5.41) is 14.6. The van der Waals surface area contributed by atoms with Gasteiger partial charge in [-0.3, -0.25) is 14.9 Å². The molecule has 1 saturated heterocycles. The van der Waals surface area contributed by atoms with E-state index in [1.54, 1.807) is 30.3 Å². The maximum absolute atomic E-state index is 13.0. The Morgan fingerprint density at radius 1 is 1.11 bits per heavy atom. The van der Waals surface area contributed by atoms with Gasteiger partial charge in [-0.15, -0.1) is 0 Å². The average molecular weight is 471 g/mol. The zero-order chi connectivity index (χ0) is 24.5. The number of carbonyl (C=O) groups excluding carboxylic acids is 1. The van der Waals surface area contributed by atoms with Gasteiger partial charge in [0.2, 0.25) is 5.89 Å². The van der Waals surface area contributed by atoms with Crippen LogP contribution in [0.25, 0.3) is 22.6 Å². The number of rotatable bonds is 5. The van der Waals surface area contributed by atoms with Crippen molar-refractivity contribution in [2.24, 2.45) is 5.92 Å². The molecular formula is C27H26N4O4. The van der Waals surface area contributed by atoms with Crippen molar-refractivity contribution in [3.63, 3.8) is 0 Å². The highest BCUT2D eigenvalue weighted by Crippen LogP contribution is 2.33. The molecular weight excluding hydrogens is 444 g/mol. The fourth-order valence-electron chi connectivity index (χ4n) is 4.42. The number of fused-ring (bicyclic) bond motifs is 1. The summed E-state index contributed by atoms with van der Waals surface area (Å²) in [6.45, 7) is 5.73. The molecule has 0 bridgehead atoms.